The monoisotopic (exact) mass is 502 g/mol. The zero-order valence-electron chi connectivity index (χ0n) is 21.8. The summed E-state index contributed by atoms with van der Waals surface area (Å²) in [6.45, 7) is 11.0. The number of piperidine rings is 1. The molecule has 0 bridgehead atoms. The van der Waals surface area contributed by atoms with Crippen molar-refractivity contribution in [1.29, 1.82) is 0 Å². The van der Waals surface area contributed by atoms with Gasteiger partial charge in [0.25, 0.3) is 0 Å². The van der Waals surface area contributed by atoms with Crippen molar-refractivity contribution >= 4 is 11.6 Å². The predicted molar refractivity (Wildman–Crippen MR) is 134 cm³/mol. The van der Waals surface area contributed by atoms with Gasteiger partial charge in [0.1, 0.15) is 23.1 Å². The minimum Gasteiger partial charge on any atom is -0.490 e. The number of benzene rings is 2. The van der Waals surface area contributed by atoms with Crippen molar-refractivity contribution in [2.45, 2.75) is 84.0 Å². The van der Waals surface area contributed by atoms with Crippen molar-refractivity contribution in [3.63, 3.8) is 0 Å². The highest BCUT2D eigenvalue weighted by Gasteiger charge is 2.50. The molecule has 8 heteroatoms. The summed E-state index contributed by atoms with van der Waals surface area (Å²) in [6, 6.07) is 10.0. The average molecular weight is 503 g/mol. The van der Waals surface area contributed by atoms with E-state index in [1.807, 2.05) is 56.9 Å². The van der Waals surface area contributed by atoms with Crippen LogP contribution < -0.4 is 9.96 Å². The van der Waals surface area contributed by atoms with Crippen molar-refractivity contribution in [3.05, 3.63) is 59.2 Å². The maximum Gasteiger partial charge on any atom is 0.222 e. The molecule has 0 atom stereocenters. The third-order valence-electron chi connectivity index (χ3n) is 7.43. The molecule has 2 heterocycles. The lowest BCUT2D eigenvalue weighted by atomic mass is 9.90. The molecule has 0 aromatic heterocycles. The average Bonchev–Trinajstić information content (AvgIpc) is 3.05. The highest BCUT2D eigenvalue weighted by atomic mass is 19.2. The summed E-state index contributed by atoms with van der Waals surface area (Å²) in [7, 11) is 0. The standard InChI is InChI=1S/C28H36F2N2O4/c1-19-17-24(29)25(30)18-20(19)7-6-8-26(33)31-15-13-23(14-16-31)34-22-11-9-21(10-12-22)32-35-27(2,3)28(4,5)36-32/h9-12,17-18,23H,6-8,13-16H2,1-5H3. The number of carbonyl (C=O) groups is 1. The minimum absolute atomic E-state index is 0.0434. The number of likely N-dealkylation sites (tertiary alicyclic amines) is 1. The summed E-state index contributed by atoms with van der Waals surface area (Å²) in [5.41, 5.74) is 1.34. The Hall–Kier alpha value is -2.71. The molecule has 2 aliphatic rings. The first-order chi connectivity index (χ1) is 16.9. The Morgan fingerprint density at radius 1 is 1.00 bits per heavy atom. The van der Waals surface area contributed by atoms with Crippen LogP contribution in [0.4, 0.5) is 14.5 Å². The van der Waals surface area contributed by atoms with E-state index in [1.54, 1.807) is 6.92 Å². The number of ether oxygens (including phenoxy) is 1. The fourth-order valence-electron chi connectivity index (χ4n) is 4.37. The zero-order valence-corrected chi connectivity index (χ0v) is 21.8. The molecule has 0 saturated carbocycles. The first-order valence-corrected chi connectivity index (χ1v) is 12.6. The van der Waals surface area contributed by atoms with Crippen LogP contribution in [0, 0.1) is 18.6 Å². The summed E-state index contributed by atoms with van der Waals surface area (Å²) < 4.78 is 32.9. The van der Waals surface area contributed by atoms with Crippen LogP contribution in [-0.2, 0) is 20.9 Å². The van der Waals surface area contributed by atoms with Gasteiger partial charge in [-0.1, -0.05) is 0 Å². The van der Waals surface area contributed by atoms with E-state index < -0.39 is 22.8 Å². The molecular weight excluding hydrogens is 466 g/mol. The van der Waals surface area contributed by atoms with Crippen molar-refractivity contribution in [2.24, 2.45) is 0 Å². The molecule has 4 rings (SSSR count). The first kappa shape index (κ1) is 26.4. The van der Waals surface area contributed by atoms with Crippen LogP contribution in [0.2, 0.25) is 0 Å². The molecule has 2 aromatic rings. The van der Waals surface area contributed by atoms with E-state index in [2.05, 4.69) is 0 Å². The SMILES string of the molecule is Cc1cc(F)c(F)cc1CCCC(=O)N1CCC(Oc2ccc(N3OC(C)(C)C(C)(C)O3)cc2)CC1. The molecule has 2 fully saturated rings. The number of hydrogen-bond donors (Lipinski definition) is 0. The van der Waals surface area contributed by atoms with Gasteiger partial charge in [-0.05, 0) is 95.0 Å². The lowest BCUT2D eigenvalue weighted by Gasteiger charge is -2.32. The number of amides is 1. The molecule has 2 aromatic carbocycles. The summed E-state index contributed by atoms with van der Waals surface area (Å²) in [5.74, 6) is -0.821. The molecule has 36 heavy (non-hydrogen) atoms. The number of carbonyl (C=O) groups excluding carboxylic acids is 1. The molecule has 0 spiro atoms. The lowest BCUT2D eigenvalue weighted by Crippen LogP contribution is -2.41. The Balaban J connectivity index is 1.21. The third kappa shape index (κ3) is 5.81. The van der Waals surface area contributed by atoms with Crippen LogP contribution in [0.15, 0.2) is 36.4 Å². The summed E-state index contributed by atoms with van der Waals surface area (Å²) >= 11 is 0. The number of halogens is 2. The van der Waals surface area contributed by atoms with Gasteiger partial charge >= 0.3 is 0 Å². The van der Waals surface area contributed by atoms with E-state index in [-0.39, 0.29) is 12.0 Å². The number of aryl methyl sites for hydroxylation is 2. The molecule has 2 aliphatic heterocycles. The minimum atomic E-state index is -0.843. The van der Waals surface area contributed by atoms with E-state index >= 15 is 0 Å². The van der Waals surface area contributed by atoms with Crippen LogP contribution in [0.5, 0.6) is 5.75 Å². The molecule has 6 nitrogen and oxygen atoms in total. The number of anilines is 1. The summed E-state index contributed by atoms with van der Waals surface area (Å²) in [4.78, 5) is 26.4. The van der Waals surface area contributed by atoms with Gasteiger partial charge in [-0.3, -0.25) is 4.79 Å². The fourth-order valence-corrected chi connectivity index (χ4v) is 4.37. The van der Waals surface area contributed by atoms with Gasteiger partial charge in [0.05, 0.1) is 5.69 Å². The Kier molecular flexibility index (Phi) is 7.57. The zero-order chi connectivity index (χ0) is 26.1. The Bertz CT molecular complexity index is 1060. The molecule has 0 N–H and O–H groups in total. The smallest absolute Gasteiger partial charge is 0.222 e. The molecule has 0 aliphatic carbocycles. The van der Waals surface area contributed by atoms with Gasteiger partial charge < -0.3 is 9.64 Å². The van der Waals surface area contributed by atoms with E-state index in [1.165, 1.54) is 17.4 Å². The van der Waals surface area contributed by atoms with Crippen molar-refractivity contribution in [1.82, 2.24) is 4.90 Å². The van der Waals surface area contributed by atoms with Gasteiger partial charge in [-0.15, -0.1) is 5.23 Å². The van der Waals surface area contributed by atoms with Crippen molar-refractivity contribution in [3.8, 4) is 5.75 Å². The normalized spacial score (nSPS) is 19.5. The van der Waals surface area contributed by atoms with E-state index in [9.17, 15) is 13.6 Å². The second-order valence-corrected chi connectivity index (χ2v) is 10.7. The molecule has 1 amide bonds. The maximum absolute atomic E-state index is 13.5. The van der Waals surface area contributed by atoms with E-state index in [0.717, 1.165) is 29.8 Å². The maximum atomic E-state index is 13.5. The topological polar surface area (TPSA) is 51.2 Å². The van der Waals surface area contributed by atoms with Crippen LogP contribution in [-0.4, -0.2) is 41.2 Å². The van der Waals surface area contributed by atoms with E-state index in [4.69, 9.17) is 14.4 Å². The molecule has 0 radical (unpaired) electrons. The fraction of sp³-hybridized carbons (Fsp3) is 0.536. The number of nitrogens with zero attached hydrogens (tertiary/aromatic N) is 2. The number of rotatable bonds is 7. The lowest BCUT2D eigenvalue weighted by molar-refractivity contribution is -0.133. The Morgan fingerprint density at radius 2 is 1.58 bits per heavy atom. The van der Waals surface area contributed by atoms with Gasteiger partial charge in [0.15, 0.2) is 11.6 Å². The van der Waals surface area contributed by atoms with Crippen molar-refractivity contribution < 1.29 is 28.0 Å². The van der Waals surface area contributed by atoms with Gasteiger partial charge in [-0.25, -0.2) is 18.5 Å². The quantitative estimate of drug-likeness (QED) is 0.471. The van der Waals surface area contributed by atoms with Gasteiger partial charge in [0.2, 0.25) is 5.91 Å². The Morgan fingerprint density at radius 3 is 2.19 bits per heavy atom. The summed E-state index contributed by atoms with van der Waals surface area (Å²) in [6.07, 6.45) is 3.10. The highest BCUT2D eigenvalue weighted by molar-refractivity contribution is 5.76. The van der Waals surface area contributed by atoms with Crippen molar-refractivity contribution in [2.75, 3.05) is 18.3 Å². The molecular formula is C28H36F2N2O4. The van der Waals surface area contributed by atoms with E-state index in [0.29, 0.717) is 37.9 Å². The second-order valence-electron chi connectivity index (χ2n) is 10.7. The first-order valence-electron chi connectivity index (χ1n) is 12.6. The molecule has 2 saturated heterocycles. The predicted octanol–water partition coefficient (Wildman–Crippen LogP) is 5.91. The summed E-state index contributed by atoms with van der Waals surface area (Å²) in [5, 5.41) is 1.46. The van der Waals surface area contributed by atoms with Crippen LogP contribution in [0.25, 0.3) is 0 Å². The van der Waals surface area contributed by atoms with Crippen LogP contribution >= 0.6 is 0 Å². The highest BCUT2D eigenvalue weighted by Crippen LogP contribution is 2.40. The Labute approximate surface area is 212 Å². The van der Waals surface area contributed by atoms with Crippen LogP contribution in [0.1, 0.15) is 64.5 Å². The second kappa shape index (κ2) is 10.3. The molecule has 0 unspecified atom stereocenters. The molecule has 196 valence electrons. The van der Waals surface area contributed by atoms with Gasteiger partial charge in [-0.2, -0.15) is 0 Å². The number of hydrogen-bond acceptors (Lipinski definition) is 5. The third-order valence-corrected chi connectivity index (χ3v) is 7.43. The van der Waals surface area contributed by atoms with Gasteiger partial charge in [0, 0.05) is 32.4 Å². The largest absolute Gasteiger partial charge is 0.490 e. The van der Waals surface area contributed by atoms with Crippen LogP contribution in [0.3, 0.4) is 0 Å².